The molecular weight excluding hydrogens is 248 g/mol. The van der Waals surface area contributed by atoms with Crippen molar-refractivity contribution in [3.63, 3.8) is 0 Å². The lowest BCUT2D eigenvalue weighted by molar-refractivity contribution is -0.119. The van der Waals surface area contributed by atoms with E-state index in [2.05, 4.69) is 22.3 Å². The lowest BCUT2D eigenvalue weighted by Gasteiger charge is -2.28. The first kappa shape index (κ1) is 13.5. The largest absolute Gasteiger partial charge is 0.372 e. The Bertz CT molecular complexity index is 458. The van der Waals surface area contributed by atoms with E-state index < -0.39 is 0 Å². The van der Waals surface area contributed by atoms with Gasteiger partial charge < -0.3 is 10.2 Å². The number of anilines is 2. The molecule has 1 saturated heterocycles. The Hall–Kier alpha value is -1.51. The third kappa shape index (κ3) is 3.14. The molecule has 1 aliphatic heterocycles. The summed E-state index contributed by atoms with van der Waals surface area (Å²) in [7, 11) is 0. The monoisotopic (exact) mass is 272 g/mol. The van der Waals surface area contributed by atoms with Gasteiger partial charge in [0.2, 0.25) is 5.91 Å². The van der Waals surface area contributed by atoms with Crippen LogP contribution in [-0.4, -0.2) is 19.0 Å². The lowest BCUT2D eigenvalue weighted by Crippen LogP contribution is -2.29. The van der Waals surface area contributed by atoms with Crippen molar-refractivity contribution < 1.29 is 4.79 Å². The summed E-state index contributed by atoms with van der Waals surface area (Å²) in [5.74, 6) is 0.928. The Morgan fingerprint density at radius 2 is 1.80 bits per heavy atom. The van der Waals surface area contributed by atoms with Gasteiger partial charge in [0, 0.05) is 30.4 Å². The summed E-state index contributed by atoms with van der Waals surface area (Å²) in [6, 6.07) is 8.31. The zero-order chi connectivity index (χ0) is 13.9. The summed E-state index contributed by atoms with van der Waals surface area (Å²) in [5.41, 5.74) is 2.20. The van der Waals surface area contributed by atoms with Crippen LogP contribution in [0.3, 0.4) is 0 Å². The molecule has 2 fully saturated rings. The average molecular weight is 272 g/mol. The molecule has 1 aromatic carbocycles. The van der Waals surface area contributed by atoms with Gasteiger partial charge >= 0.3 is 0 Å². The predicted octanol–water partition coefficient (Wildman–Crippen LogP) is 3.66. The van der Waals surface area contributed by atoms with E-state index in [1.807, 2.05) is 19.1 Å². The van der Waals surface area contributed by atoms with E-state index in [1.165, 1.54) is 37.8 Å². The van der Waals surface area contributed by atoms with Gasteiger partial charge in [0.1, 0.15) is 0 Å². The summed E-state index contributed by atoms with van der Waals surface area (Å²) in [6.45, 7) is 4.35. The normalized spacial score (nSPS) is 20.6. The van der Waals surface area contributed by atoms with Crippen LogP contribution in [0.15, 0.2) is 24.3 Å². The quantitative estimate of drug-likeness (QED) is 0.907. The number of hydrogen-bond donors (Lipinski definition) is 1. The van der Waals surface area contributed by atoms with Gasteiger partial charge in [0.05, 0.1) is 0 Å². The molecular formula is C17H24N2O. The molecule has 1 N–H and O–H groups in total. The van der Waals surface area contributed by atoms with Gasteiger partial charge in [-0.2, -0.15) is 0 Å². The molecule has 1 saturated carbocycles. The highest BCUT2D eigenvalue weighted by atomic mass is 16.1. The third-order valence-corrected chi connectivity index (χ3v) is 4.60. The van der Waals surface area contributed by atoms with Gasteiger partial charge in [-0.1, -0.05) is 6.92 Å². The van der Waals surface area contributed by atoms with E-state index in [4.69, 9.17) is 0 Å². The SMILES string of the molecule is CC(C(=O)Nc1ccc(N2CCCCC2)cc1)C1CC1. The van der Waals surface area contributed by atoms with Gasteiger partial charge in [0.15, 0.2) is 0 Å². The minimum absolute atomic E-state index is 0.150. The van der Waals surface area contributed by atoms with E-state index in [1.54, 1.807) is 0 Å². The Kier molecular flexibility index (Phi) is 3.95. The number of nitrogens with zero attached hydrogens (tertiary/aromatic N) is 1. The van der Waals surface area contributed by atoms with Crippen molar-refractivity contribution in [2.45, 2.75) is 39.0 Å². The summed E-state index contributed by atoms with van der Waals surface area (Å²) >= 11 is 0. The molecule has 3 rings (SSSR count). The minimum Gasteiger partial charge on any atom is -0.372 e. The summed E-state index contributed by atoms with van der Waals surface area (Å²) in [6.07, 6.45) is 6.35. The Labute approximate surface area is 121 Å². The number of rotatable bonds is 4. The molecule has 1 heterocycles. The first-order chi connectivity index (χ1) is 9.74. The summed E-state index contributed by atoms with van der Waals surface area (Å²) < 4.78 is 0. The smallest absolute Gasteiger partial charge is 0.227 e. The number of benzene rings is 1. The number of hydrogen-bond acceptors (Lipinski definition) is 2. The first-order valence-corrected chi connectivity index (χ1v) is 7.90. The molecule has 1 atom stereocenters. The Morgan fingerprint density at radius 3 is 2.40 bits per heavy atom. The fourth-order valence-corrected chi connectivity index (χ4v) is 2.97. The molecule has 0 radical (unpaired) electrons. The van der Waals surface area contributed by atoms with Crippen molar-refractivity contribution in [3.8, 4) is 0 Å². The fraction of sp³-hybridized carbons (Fsp3) is 0.588. The van der Waals surface area contributed by atoms with E-state index in [0.29, 0.717) is 5.92 Å². The second-order valence-corrected chi connectivity index (χ2v) is 6.21. The van der Waals surface area contributed by atoms with Gasteiger partial charge in [-0.25, -0.2) is 0 Å². The molecule has 20 heavy (non-hydrogen) atoms. The Morgan fingerprint density at radius 1 is 1.15 bits per heavy atom. The highest BCUT2D eigenvalue weighted by molar-refractivity contribution is 5.92. The fourth-order valence-electron chi connectivity index (χ4n) is 2.97. The number of nitrogens with one attached hydrogen (secondary N) is 1. The predicted molar refractivity (Wildman–Crippen MR) is 83.0 cm³/mol. The van der Waals surface area contributed by atoms with Crippen LogP contribution < -0.4 is 10.2 Å². The molecule has 0 spiro atoms. The van der Waals surface area contributed by atoms with E-state index in [0.717, 1.165) is 18.8 Å². The first-order valence-electron chi connectivity index (χ1n) is 7.90. The highest BCUT2D eigenvalue weighted by Gasteiger charge is 2.32. The van der Waals surface area contributed by atoms with Crippen LogP contribution in [0.2, 0.25) is 0 Å². The number of carbonyl (C=O) groups excluding carboxylic acids is 1. The molecule has 0 bridgehead atoms. The molecule has 0 aromatic heterocycles. The van der Waals surface area contributed by atoms with Crippen molar-refractivity contribution in [2.24, 2.45) is 11.8 Å². The topological polar surface area (TPSA) is 32.3 Å². The van der Waals surface area contributed by atoms with Crippen molar-refractivity contribution in [1.82, 2.24) is 0 Å². The standard InChI is InChI=1S/C17H24N2O/c1-13(14-5-6-14)17(20)18-15-7-9-16(10-8-15)19-11-3-2-4-12-19/h7-10,13-14H,2-6,11-12H2,1H3,(H,18,20). The summed E-state index contributed by atoms with van der Waals surface area (Å²) in [5, 5.41) is 3.04. The zero-order valence-electron chi connectivity index (χ0n) is 12.3. The van der Waals surface area contributed by atoms with Crippen LogP contribution in [0.4, 0.5) is 11.4 Å². The van der Waals surface area contributed by atoms with Crippen LogP contribution in [0.1, 0.15) is 39.0 Å². The van der Waals surface area contributed by atoms with Crippen molar-refractivity contribution >= 4 is 17.3 Å². The molecule has 108 valence electrons. The van der Waals surface area contributed by atoms with E-state index in [9.17, 15) is 4.79 Å². The molecule has 3 heteroatoms. The average Bonchev–Trinajstić information content (AvgIpc) is 3.33. The van der Waals surface area contributed by atoms with E-state index in [-0.39, 0.29) is 11.8 Å². The van der Waals surface area contributed by atoms with Gasteiger partial charge in [-0.15, -0.1) is 0 Å². The second kappa shape index (κ2) is 5.86. The summed E-state index contributed by atoms with van der Waals surface area (Å²) in [4.78, 5) is 14.5. The van der Waals surface area contributed by atoms with Crippen LogP contribution in [0.25, 0.3) is 0 Å². The van der Waals surface area contributed by atoms with E-state index >= 15 is 0 Å². The second-order valence-electron chi connectivity index (χ2n) is 6.21. The Balaban J connectivity index is 1.59. The maximum atomic E-state index is 12.1. The third-order valence-electron chi connectivity index (χ3n) is 4.60. The van der Waals surface area contributed by atoms with Gasteiger partial charge in [0.25, 0.3) is 0 Å². The number of amides is 1. The number of piperidine rings is 1. The molecule has 3 nitrogen and oxygen atoms in total. The van der Waals surface area contributed by atoms with Crippen molar-refractivity contribution in [2.75, 3.05) is 23.3 Å². The van der Waals surface area contributed by atoms with Gasteiger partial charge in [-0.3, -0.25) is 4.79 Å². The zero-order valence-corrected chi connectivity index (χ0v) is 12.3. The van der Waals surface area contributed by atoms with Crippen molar-refractivity contribution in [1.29, 1.82) is 0 Å². The maximum absolute atomic E-state index is 12.1. The minimum atomic E-state index is 0.150. The molecule has 1 amide bonds. The van der Waals surface area contributed by atoms with Crippen LogP contribution >= 0.6 is 0 Å². The van der Waals surface area contributed by atoms with Crippen LogP contribution in [0.5, 0.6) is 0 Å². The molecule has 2 aliphatic rings. The molecule has 1 aromatic rings. The van der Waals surface area contributed by atoms with Crippen LogP contribution in [0, 0.1) is 11.8 Å². The van der Waals surface area contributed by atoms with Crippen molar-refractivity contribution in [3.05, 3.63) is 24.3 Å². The molecule has 1 aliphatic carbocycles. The highest BCUT2D eigenvalue weighted by Crippen LogP contribution is 2.37. The number of carbonyl (C=O) groups is 1. The van der Waals surface area contributed by atoms with Gasteiger partial charge in [-0.05, 0) is 62.3 Å². The van der Waals surface area contributed by atoms with Crippen LogP contribution in [-0.2, 0) is 4.79 Å². The maximum Gasteiger partial charge on any atom is 0.227 e. The molecule has 1 unspecified atom stereocenters. The lowest BCUT2D eigenvalue weighted by atomic mass is 10.1.